The molecule has 1 aliphatic heterocycles. The van der Waals surface area contributed by atoms with Gasteiger partial charge in [0.15, 0.2) is 0 Å². The van der Waals surface area contributed by atoms with E-state index < -0.39 is 9.21 Å². The fourth-order valence-corrected chi connectivity index (χ4v) is 1.44. The summed E-state index contributed by atoms with van der Waals surface area (Å²) in [7, 11) is -0.923. The minimum Gasteiger partial charge on any atom is -0.366 e. The van der Waals surface area contributed by atoms with Crippen LogP contribution in [-0.2, 0) is 0 Å². The third-order valence-corrected chi connectivity index (χ3v) is 2.52. The molecule has 3 heteroatoms. The van der Waals surface area contributed by atoms with Crippen molar-refractivity contribution in [3.63, 3.8) is 0 Å². The van der Waals surface area contributed by atoms with E-state index >= 15 is 0 Å². The predicted molar refractivity (Wildman–Crippen MR) is 51.3 cm³/mol. The highest BCUT2D eigenvalue weighted by Gasteiger charge is 1.84. The molecule has 1 atom stereocenters. The van der Waals surface area contributed by atoms with Crippen molar-refractivity contribution in [3.05, 3.63) is 24.0 Å². The van der Waals surface area contributed by atoms with E-state index in [-0.39, 0.29) is 0 Å². The van der Waals surface area contributed by atoms with Crippen molar-refractivity contribution in [1.82, 2.24) is 10.6 Å². The fourth-order valence-electron chi connectivity index (χ4n) is 0.581. The monoisotopic (exact) mass is 156 g/mol. The lowest BCUT2D eigenvalue weighted by Gasteiger charge is -2.05. The van der Waals surface area contributed by atoms with Gasteiger partial charge in [-0.05, 0) is 11.7 Å². The average Bonchev–Trinajstić information content (AvgIpc) is 1.81. The Balaban J connectivity index is 2.94. The standard InChI is InChI=1S/C7H12N2S/c1-10(2)6-5-8-3-4-9-7-10/h3-9H,1H2,2H3/b4-3-,6-5?. The second-order valence-corrected chi connectivity index (χ2v) is 5.28. The molecule has 2 N–H and O–H groups in total. The summed E-state index contributed by atoms with van der Waals surface area (Å²) in [5.74, 6) is 4.04. The van der Waals surface area contributed by atoms with E-state index in [1.54, 1.807) is 0 Å². The Morgan fingerprint density at radius 2 is 1.90 bits per heavy atom. The van der Waals surface area contributed by atoms with Gasteiger partial charge in [-0.2, -0.15) is 9.21 Å². The van der Waals surface area contributed by atoms with E-state index in [0.717, 1.165) is 0 Å². The van der Waals surface area contributed by atoms with Gasteiger partial charge in [-0.3, -0.25) is 0 Å². The second-order valence-electron chi connectivity index (χ2n) is 2.32. The highest BCUT2D eigenvalue weighted by molar-refractivity contribution is 8.30. The molecule has 1 unspecified atom stereocenters. The number of hydrogen-bond acceptors (Lipinski definition) is 2. The SMILES string of the molecule is C=S1(C)=CN/C=C\NC=C1. The largest absolute Gasteiger partial charge is 0.366 e. The minimum atomic E-state index is -0.923. The summed E-state index contributed by atoms with van der Waals surface area (Å²) in [5, 5.41) is 8.09. The van der Waals surface area contributed by atoms with Crippen LogP contribution in [0.5, 0.6) is 0 Å². The van der Waals surface area contributed by atoms with Gasteiger partial charge in [0.2, 0.25) is 0 Å². The Labute approximate surface area is 62.1 Å². The van der Waals surface area contributed by atoms with E-state index in [4.69, 9.17) is 0 Å². The molecular weight excluding hydrogens is 144 g/mol. The Bertz CT molecular complexity index is 267. The Kier molecular flexibility index (Phi) is 2.06. The zero-order valence-electron chi connectivity index (χ0n) is 6.00. The molecule has 0 amide bonds. The molecule has 0 saturated heterocycles. The van der Waals surface area contributed by atoms with Crippen LogP contribution in [0.1, 0.15) is 0 Å². The Morgan fingerprint density at radius 1 is 1.20 bits per heavy atom. The van der Waals surface area contributed by atoms with E-state index in [1.807, 2.05) is 24.1 Å². The minimum absolute atomic E-state index is 0.923. The lowest BCUT2D eigenvalue weighted by molar-refractivity contribution is 1.16. The average molecular weight is 156 g/mol. The molecule has 1 heterocycles. The van der Waals surface area contributed by atoms with Gasteiger partial charge in [0.05, 0.1) is 0 Å². The summed E-state index contributed by atoms with van der Waals surface area (Å²) in [6.07, 6.45) is 7.70. The first-order valence-electron chi connectivity index (χ1n) is 2.99. The molecule has 56 valence electrons. The van der Waals surface area contributed by atoms with Crippen molar-refractivity contribution in [3.8, 4) is 0 Å². The van der Waals surface area contributed by atoms with Crippen LogP contribution in [0.2, 0.25) is 0 Å². The molecule has 1 aliphatic rings. The van der Waals surface area contributed by atoms with Crippen LogP contribution in [0.3, 0.4) is 0 Å². The quantitative estimate of drug-likeness (QED) is 0.506. The summed E-state index contributed by atoms with van der Waals surface area (Å²) >= 11 is 0. The summed E-state index contributed by atoms with van der Waals surface area (Å²) < 4.78 is 0. The third-order valence-electron chi connectivity index (χ3n) is 1.09. The van der Waals surface area contributed by atoms with Gasteiger partial charge in [-0.25, -0.2) is 0 Å². The molecule has 0 saturated carbocycles. The summed E-state index contributed by atoms with van der Waals surface area (Å²) in [6, 6.07) is 0. The first kappa shape index (κ1) is 7.28. The predicted octanol–water partition coefficient (Wildman–Crippen LogP) is 0.748. The van der Waals surface area contributed by atoms with Gasteiger partial charge in [-0.1, -0.05) is 5.87 Å². The van der Waals surface area contributed by atoms with Crippen LogP contribution in [0.25, 0.3) is 0 Å². The van der Waals surface area contributed by atoms with Crippen molar-refractivity contribution in [2.75, 3.05) is 6.26 Å². The smallest absolute Gasteiger partial charge is 0.0235 e. The van der Waals surface area contributed by atoms with E-state index in [0.29, 0.717) is 0 Å². The molecule has 0 fully saturated rings. The van der Waals surface area contributed by atoms with Crippen LogP contribution < -0.4 is 10.6 Å². The van der Waals surface area contributed by atoms with Gasteiger partial charge in [0.25, 0.3) is 0 Å². The summed E-state index contributed by atoms with van der Waals surface area (Å²) in [4.78, 5) is 0. The van der Waals surface area contributed by atoms with Gasteiger partial charge >= 0.3 is 0 Å². The lowest BCUT2D eigenvalue weighted by atomic mass is 10.8. The summed E-state index contributed by atoms with van der Waals surface area (Å²) in [5.41, 5.74) is 2.01. The third kappa shape index (κ3) is 2.19. The summed E-state index contributed by atoms with van der Waals surface area (Å²) in [6.45, 7) is 0. The topological polar surface area (TPSA) is 24.1 Å². The molecule has 0 bridgehead atoms. The Hall–Kier alpha value is -0.830. The van der Waals surface area contributed by atoms with Gasteiger partial charge < -0.3 is 10.6 Å². The van der Waals surface area contributed by atoms with Crippen molar-refractivity contribution in [2.45, 2.75) is 0 Å². The normalized spacial score (nSPS) is 34.1. The fraction of sp³-hybridized carbons (Fsp3) is 0.143. The maximum absolute atomic E-state index is 4.04. The molecule has 1 rings (SSSR count). The molecular formula is C7H12N2S. The molecule has 0 aliphatic carbocycles. The van der Waals surface area contributed by atoms with E-state index in [1.165, 1.54) is 0 Å². The second kappa shape index (κ2) is 2.84. The highest BCUT2D eigenvalue weighted by Crippen LogP contribution is 2.15. The van der Waals surface area contributed by atoms with Gasteiger partial charge in [-0.15, -0.1) is 0 Å². The number of nitrogens with one attached hydrogen (secondary N) is 2. The van der Waals surface area contributed by atoms with Crippen LogP contribution in [0.4, 0.5) is 0 Å². The van der Waals surface area contributed by atoms with Gasteiger partial charge in [0, 0.05) is 24.1 Å². The van der Waals surface area contributed by atoms with Crippen LogP contribution in [-0.4, -0.2) is 17.6 Å². The Morgan fingerprint density at radius 3 is 2.70 bits per heavy atom. The highest BCUT2D eigenvalue weighted by atomic mass is 32.2. The number of rotatable bonds is 0. The molecule has 0 radical (unpaired) electrons. The molecule has 0 aromatic rings. The molecule has 0 spiro atoms. The van der Waals surface area contributed by atoms with Crippen molar-refractivity contribution >= 4 is 20.6 Å². The van der Waals surface area contributed by atoms with Crippen LogP contribution in [0.15, 0.2) is 24.0 Å². The zero-order chi connectivity index (χ0) is 7.45. The molecule has 0 aromatic carbocycles. The lowest BCUT2D eigenvalue weighted by Crippen LogP contribution is -2.06. The van der Waals surface area contributed by atoms with Gasteiger partial charge in [0.1, 0.15) is 0 Å². The zero-order valence-corrected chi connectivity index (χ0v) is 6.82. The van der Waals surface area contributed by atoms with E-state index in [2.05, 4.69) is 28.2 Å². The van der Waals surface area contributed by atoms with Crippen LogP contribution in [0, 0.1) is 0 Å². The molecule has 10 heavy (non-hydrogen) atoms. The van der Waals surface area contributed by atoms with Crippen molar-refractivity contribution in [1.29, 1.82) is 0 Å². The first-order chi connectivity index (χ1) is 4.71. The van der Waals surface area contributed by atoms with Crippen LogP contribution >= 0.6 is 9.21 Å². The molecule has 0 aromatic heterocycles. The van der Waals surface area contributed by atoms with Crippen molar-refractivity contribution in [2.24, 2.45) is 0 Å². The first-order valence-corrected chi connectivity index (χ1v) is 5.33. The maximum atomic E-state index is 4.04. The van der Waals surface area contributed by atoms with E-state index in [9.17, 15) is 0 Å². The maximum Gasteiger partial charge on any atom is 0.0235 e. The van der Waals surface area contributed by atoms with Crippen molar-refractivity contribution < 1.29 is 0 Å². The molecule has 2 nitrogen and oxygen atoms in total. The number of hydrogen-bond donors (Lipinski definition) is 2.